The van der Waals surface area contributed by atoms with Gasteiger partial charge in [0, 0.05) is 49.0 Å². The van der Waals surface area contributed by atoms with Crippen LogP contribution in [-0.2, 0) is 26.7 Å². The fourth-order valence-electron chi connectivity index (χ4n) is 3.38. The Labute approximate surface area is 189 Å². The third kappa shape index (κ3) is 5.36. The normalized spacial score (nSPS) is 16.0. The van der Waals surface area contributed by atoms with Crippen molar-refractivity contribution in [1.29, 1.82) is 0 Å². The summed E-state index contributed by atoms with van der Waals surface area (Å²) in [6, 6.07) is 7.00. The maximum absolute atomic E-state index is 12.8. The summed E-state index contributed by atoms with van der Waals surface area (Å²) in [5, 5.41) is 5.77. The van der Waals surface area contributed by atoms with Gasteiger partial charge in [-0.15, -0.1) is 0 Å². The highest BCUT2D eigenvalue weighted by Gasteiger charge is 2.33. The number of carbonyl (C=O) groups excluding carboxylic acids is 2. The molecular weight excluding hydrogens is 430 g/mol. The first kappa shape index (κ1) is 23.9. The summed E-state index contributed by atoms with van der Waals surface area (Å²) in [7, 11) is -1.92. The van der Waals surface area contributed by atoms with Crippen molar-refractivity contribution in [2.24, 2.45) is 18.4 Å². The van der Waals surface area contributed by atoms with Crippen molar-refractivity contribution in [2.45, 2.75) is 45.6 Å². The van der Waals surface area contributed by atoms with E-state index in [1.54, 1.807) is 42.8 Å². The average molecular weight is 462 g/mol. The van der Waals surface area contributed by atoms with Crippen LogP contribution in [0.15, 0.2) is 35.5 Å². The molecule has 0 saturated carbocycles. The van der Waals surface area contributed by atoms with Gasteiger partial charge in [-0.25, -0.2) is 13.4 Å². The lowest BCUT2D eigenvalue weighted by Gasteiger charge is -2.30. The van der Waals surface area contributed by atoms with Crippen LogP contribution in [-0.4, -0.2) is 47.2 Å². The van der Waals surface area contributed by atoms with Crippen molar-refractivity contribution in [3.63, 3.8) is 0 Å². The maximum atomic E-state index is 12.8. The molecule has 0 spiro atoms. The van der Waals surface area contributed by atoms with Gasteiger partial charge in [-0.2, -0.15) is 4.31 Å². The van der Waals surface area contributed by atoms with E-state index in [-0.39, 0.29) is 35.8 Å². The summed E-state index contributed by atoms with van der Waals surface area (Å²) in [5.41, 5.74) is 0.664. The largest absolute Gasteiger partial charge is 0.337 e. The fourth-order valence-corrected chi connectivity index (χ4v) is 4.87. The quantitative estimate of drug-likeness (QED) is 0.711. The zero-order valence-electron chi connectivity index (χ0n) is 19.2. The minimum atomic E-state index is -3.67. The van der Waals surface area contributed by atoms with Crippen LogP contribution in [0.25, 0.3) is 0 Å². The van der Waals surface area contributed by atoms with Crippen molar-refractivity contribution < 1.29 is 18.0 Å². The Morgan fingerprint density at radius 3 is 2.22 bits per heavy atom. The predicted octanol–water partition coefficient (Wildman–Crippen LogP) is 2.75. The van der Waals surface area contributed by atoms with Gasteiger partial charge in [0.25, 0.3) is 10.0 Å². The smallest absolute Gasteiger partial charge is 0.262 e. The summed E-state index contributed by atoms with van der Waals surface area (Å²) in [4.78, 5) is 29.1. The van der Waals surface area contributed by atoms with Gasteiger partial charge in [-0.3, -0.25) is 9.59 Å². The van der Waals surface area contributed by atoms with E-state index in [0.29, 0.717) is 30.0 Å². The first-order chi connectivity index (χ1) is 14.9. The second-order valence-electron chi connectivity index (χ2n) is 9.19. The number of piperidine rings is 1. The fraction of sp³-hybridized carbons (Fsp3) is 0.500. The minimum Gasteiger partial charge on any atom is -0.337 e. The molecule has 0 bridgehead atoms. The van der Waals surface area contributed by atoms with Crippen molar-refractivity contribution in [3.05, 3.63) is 36.3 Å². The maximum Gasteiger partial charge on any atom is 0.262 e. The molecule has 174 valence electrons. The second kappa shape index (κ2) is 9.03. The van der Waals surface area contributed by atoms with Crippen LogP contribution < -0.4 is 10.6 Å². The molecule has 0 aliphatic carbocycles. The van der Waals surface area contributed by atoms with E-state index in [1.165, 1.54) is 10.5 Å². The molecule has 0 unspecified atom stereocenters. The Bertz CT molecular complexity index is 1090. The molecule has 32 heavy (non-hydrogen) atoms. The Morgan fingerprint density at radius 1 is 1.09 bits per heavy atom. The van der Waals surface area contributed by atoms with Crippen LogP contribution >= 0.6 is 0 Å². The number of amides is 2. The zero-order chi connectivity index (χ0) is 23.7. The number of hydrogen-bond acceptors (Lipinski definition) is 5. The van der Waals surface area contributed by atoms with Crippen LogP contribution in [0.1, 0.15) is 39.4 Å². The first-order valence-electron chi connectivity index (χ1n) is 10.6. The van der Waals surface area contributed by atoms with Crippen LogP contribution in [0.4, 0.5) is 11.4 Å². The van der Waals surface area contributed by atoms with Crippen LogP contribution in [0.2, 0.25) is 0 Å². The predicted molar refractivity (Wildman–Crippen MR) is 123 cm³/mol. The van der Waals surface area contributed by atoms with Gasteiger partial charge in [0.05, 0.1) is 0 Å². The van der Waals surface area contributed by atoms with Gasteiger partial charge in [0.15, 0.2) is 5.03 Å². The Kier molecular flexibility index (Phi) is 6.75. The van der Waals surface area contributed by atoms with Crippen LogP contribution in [0, 0.1) is 18.3 Å². The molecule has 1 aromatic carbocycles. The Morgan fingerprint density at radius 2 is 1.69 bits per heavy atom. The molecule has 2 N–H and O–H groups in total. The molecule has 1 aliphatic heterocycles. The highest BCUT2D eigenvalue weighted by Crippen LogP contribution is 2.25. The topological polar surface area (TPSA) is 113 Å². The van der Waals surface area contributed by atoms with Crippen LogP contribution in [0.3, 0.4) is 0 Å². The second-order valence-corrected chi connectivity index (χ2v) is 11.1. The monoisotopic (exact) mass is 461 g/mol. The van der Waals surface area contributed by atoms with Gasteiger partial charge in [0.2, 0.25) is 11.8 Å². The molecule has 2 amide bonds. The zero-order valence-corrected chi connectivity index (χ0v) is 20.0. The van der Waals surface area contributed by atoms with Crippen molar-refractivity contribution >= 4 is 33.2 Å². The molecule has 0 atom stereocenters. The number of aromatic nitrogens is 2. The molecule has 1 saturated heterocycles. The number of hydrogen-bond donors (Lipinski definition) is 2. The molecule has 1 aliphatic rings. The van der Waals surface area contributed by atoms with E-state index in [0.717, 1.165) is 0 Å². The number of anilines is 2. The molecule has 2 heterocycles. The number of rotatable bonds is 5. The molecule has 1 aromatic heterocycles. The first-order valence-corrected chi connectivity index (χ1v) is 12.0. The summed E-state index contributed by atoms with van der Waals surface area (Å²) >= 11 is 0. The lowest BCUT2D eigenvalue weighted by molar-refractivity contribution is -0.123. The van der Waals surface area contributed by atoms with Crippen molar-refractivity contribution in [2.75, 3.05) is 23.7 Å². The summed E-state index contributed by atoms with van der Waals surface area (Å²) < 4.78 is 28.7. The Balaban J connectivity index is 1.59. The number of nitrogens with one attached hydrogen (secondary N) is 2. The number of benzene rings is 1. The number of aryl methyl sites for hydroxylation is 2. The van der Waals surface area contributed by atoms with Gasteiger partial charge in [-0.05, 0) is 38.0 Å². The van der Waals surface area contributed by atoms with Gasteiger partial charge >= 0.3 is 0 Å². The molecule has 1 fully saturated rings. The number of nitrogens with zero attached hydrogens (tertiary/aromatic N) is 3. The average Bonchev–Trinajstić information content (AvgIpc) is 3.07. The van der Waals surface area contributed by atoms with Crippen LogP contribution in [0.5, 0.6) is 0 Å². The lowest BCUT2D eigenvalue weighted by Crippen LogP contribution is -2.41. The van der Waals surface area contributed by atoms with Crippen molar-refractivity contribution in [3.8, 4) is 0 Å². The van der Waals surface area contributed by atoms with E-state index in [1.807, 2.05) is 20.8 Å². The van der Waals surface area contributed by atoms with E-state index >= 15 is 0 Å². The third-order valence-electron chi connectivity index (χ3n) is 5.58. The molecule has 0 radical (unpaired) electrons. The van der Waals surface area contributed by atoms with E-state index in [4.69, 9.17) is 0 Å². The van der Waals surface area contributed by atoms with Crippen molar-refractivity contribution in [1.82, 2.24) is 13.9 Å². The lowest BCUT2D eigenvalue weighted by atomic mass is 9.95. The number of sulfonamides is 1. The minimum absolute atomic E-state index is 0.0366. The Hall–Kier alpha value is -2.72. The van der Waals surface area contributed by atoms with E-state index < -0.39 is 15.4 Å². The SMILES string of the molecule is Cc1nc(S(=O)(=O)N2CCC(C(=O)Nc3cccc(NC(=O)C(C)(C)C)c3)CC2)cn1C. The van der Waals surface area contributed by atoms with Gasteiger partial charge < -0.3 is 15.2 Å². The highest BCUT2D eigenvalue weighted by atomic mass is 32.2. The van der Waals surface area contributed by atoms with Gasteiger partial charge in [0.1, 0.15) is 5.82 Å². The van der Waals surface area contributed by atoms with E-state index in [9.17, 15) is 18.0 Å². The molecule has 9 nitrogen and oxygen atoms in total. The highest BCUT2D eigenvalue weighted by molar-refractivity contribution is 7.89. The summed E-state index contributed by atoms with van der Waals surface area (Å²) in [6.07, 6.45) is 2.36. The third-order valence-corrected chi connectivity index (χ3v) is 7.35. The molecular formula is C22H31N5O4S. The van der Waals surface area contributed by atoms with E-state index in [2.05, 4.69) is 15.6 Å². The number of carbonyl (C=O) groups is 2. The summed E-state index contributed by atoms with van der Waals surface area (Å²) in [5.74, 6) is 0.0613. The van der Waals surface area contributed by atoms with Gasteiger partial charge in [-0.1, -0.05) is 26.8 Å². The standard InChI is InChI=1S/C22H31N5O4S/c1-15-23-19(14-26(15)5)32(30,31)27-11-9-16(10-12-27)20(28)24-17-7-6-8-18(13-17)25-21(29)22(2,3)4/h6-8,13-14,16H,9-12H2,1-5H3,(H,24,28)(H,25,29). The molecule has 10 heteroatoms. The number of imidazole rings is 1. The molecule has 2 aromatic rings. The molecule has 3 rings (SSSR count). The summed E-state index contributed by atoms with van der Waals surface area (Å²) in [6.45, 7) is 7.76.